The van der Waals surface area contributed by atoms with Crippen LogP contribution >= 0.6 is 11.6 Å². The molecule has 3 nitrogen and oxygen atoms in total. The van der Waals surface area contributed by atoms with E-state index in [0.29, 0.717) is 12.1 Å². The van der Waals surface area contributed by atoms with Crippen molar-refractivity contribution in [3.63, 3.8) is 0 Å². The summed E-state index contributed by atoms with van der Waals surface area (Å²) in [6.45, 7) is 0.710. The summed E-state index contributed by atoms with van der Waals surface area (Å²) in [6, 6.07) is 4.48. The zero-order valence-electron chi connectivity index (χ0n) is 9.58. The molecule has 0 atom stereocenters. The Labute approximate surface area is 106 Å². The molecule has 0 heterocycles. The molecule has 1 aromatic rings. The number of amides is 1. The van der Waals surface area contributed by atoms with Crippen molar-refractivity contribution in [3.8, 4) is 5.75 Å². The monoisotopic (exact) mass is 253 g/mol. The van der Waals surface area contributed by atoms with E-state index in [1.807, 2.05) is 0 Å². The predicted octanol–water partition coefficient (Wildman–Crippen LogP) is 2.97. The average molecular weight is 254 g/mol. The fourth-order valence-electron chi connectivity index (χ4n) is 1.92. The minimum Gasteiger partial charge on any atom is -0.506 e. The standard InChI is InChI=1S/C13H16ClNO2/c14-11-8-10(4-5-12(11)16)13(17)15-7-6-9-2-1-3-9/h4-5,8-9,16H,1-3,6-7H2,(H,15,17). The van der Waals surface area contributed by atoms with Gasteiger partial charge >= 0.3 is 0 Å². The third-order valence-corrected chi connectivity index (χ3v) is 3.58. The lowest BCUT2D eigenvalue weighted by atomic mass is 9.83. The minimum absolute atomic E-state index is 0.00214. The molecule has 0 unspecified atom stereocenters. The molecule has 4 heteroatoms. The van der Waals surface area contributed by atoms with Crippen LogP contribution in [0.15, 0.2) is 18.2 Å². The van der Waals surface area contributed by atoms with Crippen molar-refractivity contribution < 1.29 is 9.90 Å². The number of rotatable bonds is 4. The Hall–Kier alpha value is -1.22. The van der Waals surface area contributed by atoms with Crippen LogP contribution in [0.1, 0.15) is 36.0 Å². The second-order valence-electron chi connectivity index (χ2n) is 4.51. The molecule has 92 valence electrons. The lowest BCUT2D eigenvalue weighted by Crippen LogP contribution is -2.27. The second-order valence-corrected chi connectivity index (χ2v) is 4.91. The van der Waals surface area contributed by atoms with Gasteiger partial charge in [-0.1, -0.05) is 30.9 Å². The van der Waals surface area contributed by atoms with Crippen LogP contribution in [0.4, 0.5) is 0 Å². The summed E-state index contributed by atoms with van der Waals surface area (Å²) < 4.78 is 0. The summed E-state index contributed by atoms with van der Waals surface area (Å²) in [6.07, 6.45) is 4.96. The summed E-state index contributed by atoms with van der Waals surface area (Å²) in [5.41, 5.74) is 0.487. The van der Waals surface area contributed by atoms with Crippen molar-refractivity contribution in [2.75, 3.05) is 6.54 Å². The number of nitrogens with one attached hydrogen (secondary N) is 1. The van der Waals surface area contributed by atoms with Crippen LogP contribution in [0.25, 0.3) is 0 Å². The molecular formula is C13H16ClNO2. The summed E-state index contributed by atoms with van der Waals surface area (Å²) in [5.74, 6) is 0.655. The van der Waals surface area contributed by atoms with Crippen LogP contribution in [-0.4, -0.2) is 17.6 Å². The van der Waals surface area contributed by atoms with E-state index in [-0.39, 0.29) is 16.7 Å². The molecule has 1 amide bonds. The lowest BCUT2D eigenvalue weighted by molar-refractivity contribution is 0.0949. The number of halogens is 1. The molecule has 0 spiro atoms. The van der Waals surface area contributed by atoms with E-state index >= 15 is 0 Å². The average Bonchev–Trinajstić information content (AvgIpc) is 2.25. The fourth-order valence-corrected chi connectivity index (χ4v) is 2.10. The largest absolute Gasteiger partial charge is 0.506 e. The van der Waals surface area contributed by atoms with Crippen molar-refractivity contribution in [2.45, 2.75) is 25.7 Å². The van der Waals surface area contributed by atoms with E-state index in [0.717, 1.165) is 12.3 Å². The molecule has 0 radical (unpaired) electrons. The van der Waals surface area contributed by atoms with Crippen molar-refractivity contribution in [1.29, 1.82) is 0 Å². The zero-order chi connectivity index (χ0) is 12.3. The number of carbonyl (C=O) groups excluding carboxylic acids is 1. The van der Waals surface area contributed by atoms with Gasteiger partial charge in [-0.05, 0) is 30.5 Å². The first-order chi connectivity index (χ1) is 8.16. The molecule has 2 N–H and O–H groups in total. The Bertz CT molecular complexity index is 416. The van der Waals surface area contributed by atoms with Gasteiger partial charge in [0.05, 0.1) is 5.02 Å². The van der Waals surface area contributed by atoms with Crippen molar-refractivity contribution in [3.05, 3.63) is 28.8 Å². The van der Waals surface area contributed by atoms with E-state index < -0.39 is 0 Å². The van der Waals surface area contributed by atoms with Gasteiger partial charge in [0.25, 0.3) is 5.91 Å². The quantitative estimate of drug-likeness (QED) is 0.867. The van der Waals surface area contributed by atoms with Crippen LogP contribution in [0.3, 0.4) is 0 Å². The normalized spacial score (nSPS) is 15.4. The highest BCUT2D eigenvalue weighted by atomic mass is 35.5. The summed E-state index contributed by atoms with van der Waals surface area (Å²) in [4.78, 5) is 11.7. The molecule has 0 aromatic heterocycles. The van der Waals surface area contributed by atoms with Gasteiger partial charge in [0.15, 0.2) is 0 Å². The second kappa shape index (κ2) is 5.41. The first kappa shape index (κ1) is 12.2. The molecular weight excluding hydrogens is 238 g/mol. The van der Waals surface area contributed by atoms with E-state index in [1.54, 1.807) is 6.07 Å². The Kier molecular flexibility index (Phi) is 3.89. The highest BCUT2D eigenvalue weighted by Gasteiger charge is 2.17. The Morgan fingerprint density at radius 1 is 1.47 bits per heavy atom. The summed E-state index contributed by atoms with van der Waals surface area (Å²) >= 11 is 5.74. The van der Waals surface area contributed by atoms with Crippen molar-refractivity contribution >= 4 is 17.5 Å². The topological polar surface area (TPSA) is 49.3 Å². The molecule has 0 saturated heterocycles. The lowest BCUT2D eigenvalue weighted by Gasteiger charge is -2.25. The molecule has 0 aliphatic heterocycles. The number of hydrogen-bond donors (Lipinski definition) is 2. The van der Waals surface area contributed by atoms with Crippen LogP contribution < -0.4 is 5.32 Å². The fraction of sp³-hybridized carbons (Fsp3) is 0.462. The number of aromatic hydroxyl groups is 1. The van der Waals surface area contributed by atoms with E-state index in [4.69, 9.17) is 11.6 Å². The van der Waals surface area contributed by atoms with Gasteiger partial charge in [-0.25, -0.2) is 0 Å². The maximum absolute atomic E-state index is 11.7. The summed E-state index contributed by atoms with van der Waals surface area (Å²) in [7, 11) is 0. The third-order valence-electron chi connectivity index (χ3n) is 3.27. The first-order valence-corrected chi connectivity index (χ1v) is 6.31. The number of phenolic OH excluding ortho intramolecular Hbond substituents is 1. The molecule has 1 aliphatic rings. The van der Waals surface area contributed by atoms with Gasteiger partial charge in [0, 0.05) is 12.1 Å². The van der Waals surface area contributed by atoms with Crippen molar-refractivity contribution in [1.82, 2.24) is 5.32 Å². The zero-order valence-corrected chi connectivity index (χ0v) is 10.3. The van der Waals surface area contributed by atoms with Crippen LogP contribution in [0, 0.1) is 5.92 Å². The van der Waals surface area contributed by atoms with Crippen LogP contribution in [-0.2, 0) is 0 Å². The van der Waals surface area contributed by atoms with Crippen LogP contribution in [0.2, 0.25) is 5.02 Å². The van der Waals surface area contributed by atoms with Gasteiger partial charge in [-0.2, -0.15) is 0 Å². The Balaban J connectivity index is 1.83. The number of hydrogen-bond acceptors (Lipinski definition) is 2. The highest BCUT2D eigenvalue weighted by Crippen LogP contribution is 2.28. The van der Waals surface area contributed by atoms with Crippen LogP contribution in [0.5, 0.6) is 5.75 Å². The Morgan fingerprint density at radius 2 is 2.24 bits per heavy atom. The smallest absolute Gasteiger partial charge is 0.251 e. The van der Waals surface area contributed by atoms with Gasteiger partial charge in [0.2, 0.25) is 0 Å². The summed E-state index contributed by atoms with van der Waals surface area (Å²) in [5, 5.41) is 12.3. The van der Waals surface area contributed by atoms with Crippen molar-refractivity contribution in [2.24, 2.45) is 5.92 Å². The molecule has 2 rings (SSSR count). The van der Waals surface area contributed by atoms with E-state index in [2.05, 4.69) is 5.32 Å². The van der Waals surface area contributed by atoms with Gasteiger partial charge in [-0.3, -0.25) is 4.79 Å². The number of carbonyl (C=O) groups is 1. The maximum atomic E-state index is 11.7. The molecule has 1 fully saturated rings. The van der Waals surface area contributed by atoms with Gasteiger partial charge in [-0.15, -0.1) is 0 Å². The highest BCUT2D eigenvalue weighted by molar-refractivity contribution is 6.32. The van der Waals surface area contributed by atoms with E-state index in [1.165, 1.54) is 31.4 Å². The van der Waals surface area contributed by atoms with Gasteiger partial charge < -0.3 is 10.4 Å². The van der Waals surface area contributed by atoms with Gasteiger partial charge in [0.1, 0.15) is 5.75 Å². The predicted molar refractivity (Wildman–Crippen MR) is 67.4 cm³/mol. The minimum atomic E-state index is -0.133. The number of phenols is 1. The Morgan fingerprint density at radius 3 is 2.82 bits per heavy atom. The SMILES string of the molecule is O=C(NCCC1CCC1)c1ccc(O)c(Cl)c1. The molecule has 17 heavy (non-hydrogen) atoms. The maximum Gasteiger partial charge on any atom is 0.251 e. The first-order valence-electron chi connectivity index (χ1n) is 5.93. The molecule has 0 bridgehead atoms. The molecule has 1 saturated carbocycles. The third kappa shape index (κ3) is 3.13. The van der Waals surface area contributed by atoms with E-state index in [9.17, 15) is 9.90 Å². The molecule has 1 aromatic carbocycles. The molecule has 1 aliphatic carbocycles. The number of benzene rings is 1.